The van der Waals surface area contributed by atoms with Crippen molar-refractivity contribution in [1.82, 2.24) is 20.9 Å². The van der Waals surface area contributed by atoms with Crippen LogP contribution in [0.4, 0.5) is 0 Å². The van der Waals surface area contributed by atoms with Crippen LogP contribution in [-0.4, -0.2) is 113 Å². The van der Waals surface area contributed by atoms with E-state index in [9.17, 15) is 38.7 Å². The van der Waals surface area contributed by atoms with E-state index in [1.165, 1.54) is 0 Å². The largest absolute Gasteiger partial charge is 1.00 e. The third kappa shape index (κ3) is 20.0. The molecule has 0 saturated heterocycles. The van der Waals surface area contributed by atoms with E-state index < -0.39 is 77.8 Å². The number of ether oxygens (including phenoxy) is 1. The Balaban J connectivity index is 0. The Morgan fingerprint density at radius 3 is 1.70 bits per heavy atom. The number of nitrogens with one attached hydrogen (secondary N) is 3. The number of hydrogen-bond acceptors (Lipinski definition) is 10. The Bertz CT molecular complexity index is 1130. The number of aliphatic carboxylic acids is 1. The molecule has 0 aromatic carbocycles. The molecule has 43 heavy (non-hydrogen) atoms. The number of amides is 3. The van der Waals surface area contributed by atoms with Crippen LogP contribution < -0.4 is 50.6 Å². The molecule has 232 valence electrons. The zero-order chi connectivity index (χ0) is 32.5. The second kappa shape index (κ2) is 21.2. The van der Waals surface area contributed by atoms with E-state index >= 15 is 0 Å². The predicted molar refractivity (Wildman–Crippen MR) is 142 cm³/mol. The molecule has 0 rings (SSSR count). The molecular weight excluding hydrogens is 579 g/mol. The SMILES string of the molecule is CN(C)CC(=O)N[C@@H](CCC(=O)N[C@@H](CCC(=O)C=[N+]=[N-])C(=O)N[C@@H](CCC(=O)C=[N+]=[N-])C(=O)[O-])C(=O)OC(C)(C)C.[Na+]. The third-order valence-electron chi connectivity index (χ3n) is 5.16. The van der Waals surface area contributed by atoms with Crippen LogP contribution in [0.2, 0.25) is 0 Å². The maximum Gasteiger partial charge on any atom is 1.00 e. The summed E-state index contributed by atoms with van der Waals surface area (Å²) >= 11 is 0. The molecule has 18 heteroatoms. The molecule has 0 fully saturated rings. The zero-order valence-corrected chi connectivity index (χ0v) is 27.2. The number of likely N-dealkylation sites (N-methyl/N-ethyl adjacent to an activating group) is 1. The van der Waals surface area contributed by atoms with E-state index in [2.05, 4.69) is 25.5 Å². The van der Waals surface area contributed by atoms with Crippen molar-refractivity contribution >= 4 is 53.7 Å². The van der Waals surface area contributed by atoms with E-state index in [0.717, 1.165) is 0 Å². The predicted octanol–water partition coefficient (Wildman–Crippen LogP) is -5.82. The molecule has 0 bridgehead atoms. The summed E-state index contributed by atoms with van der Waals surface area (Å²) in [6, 6.07) is -4.35. The summed E-state index contributed by atoms with van der Waals surface area (Å²) in [6.07, 6.45) is -1.05. The quantitative estimate of drug-likeness (QED) is 0.0407. The molecule has 0 aliphatic heterocycles. The van der Waals surface area contributed by atoms with Gasteiger partial charge in [-0.15, -0.1) is 0 Å². The molecule has 0 aliphatic carbocycles. The summed E-state index contributed by atoms with van der Waals surface area (Å²) in [7, 11) is 3.29. The Kier molecular flexibility index (Phi) is 20.4. The maximum absolute atomic E-state index is 12.9. The van der Waals surface area contributed by atoms with Crippen molar-refractivity contribution in [3.05, 3.63) is 11.1 Å². The minimum Gasteiger partial charge on any atom is -0.548 e. The molecule has 3 amide bonds. The van der Waals surface area contributed by atoms with Crippen LogP contribution in [0.15, 0.2) is 0 Å². The van der Waals surface area contributed by atoms with Crippen LogP contribution in [0.25, 0.3) is 11.1 Å². The summed E-state index contributed by atoms with van der Waals surface area (Å²) in [6.45, 7) is 4.83. The van der Waals surface area contributed by atoms with Crippen LogP contribution in [0.3, 0.4) is 0 Å². The van der Waals surface area contributed by atoms with Gasteiger partial charge in [-0.2, -0.15) is 9.58 Å². The molecule has 0 aromatic heterocycles. The third-order valence-corrected chi connectivity index (χ3v) is 5.16. The van der Waals surface area contributed by atoms with Crippen molar-refractivity contribution in [2.45, 2.75) is 83.0 Å². The molecule has 0 aromatic rings. The Morgan fingerprint density at radius 2 is 1.26 bits per heavy atom. The van der Waals surface area contributed by atoms with E-state index in [4.69, 9.17) is 15.8 Å². The number of hydrogen-bond donors (Lipinski definition) is 3. The second-order valence-electron chi connectivity index (χ2n) is 10.4. The molecule has 0 unspecified atom stereocenters. The average Bonchev–Trinajstić information content (AvgIpc) is 2.85. The van der Waals surface area contributed by atoms with Gasteiger partial charge < -0.3 is 46.6 Å². The number of ketones is 2. The number of rotatable bonds is 19. The van der Waals surface area contributed by atoms with Crippen molar-refractivity contribution in [1.29, 1.82) is 0 Å². The fourth-order valence-electron chi connectivity index (χ4n) is 3.31. The smallest absolute Gasteiger partial charge is 0.548 e. The van der Waals surface area contributed by atoms with Crippen LogP contribution in [0.5, 0.6) is 0 Å². The number of esters is 1. The van der Waals surface area contributed by atoms with Gasteiger partial charge in [0.25, 0.3) is 0 Å². The molecule has 0 saturated carbocycles. The Labute approximate surface area is 271 Å². The molecule has 0 heterocycles. The summed E-state index contributed by atoms with van der Waals surface area (Å²) in [4.78, 5) is 92.1. The van der Waals surface area contributed by atoms with Crippen molar-refractivity contribution in [3.63, 3.8) is 0 Å². The van der Waals surface area contributed by atoms with Gasteiger partial charge in [0.1, 0.15) is 17.7 Å². The van der Waals surface area contributed by atoms with E-state index in [1.54, 1.807) is 39.8 Å². The first kappa shape index (κ1) is 41.5. The molecule has 17 nitrogen and oxygen atoms in total. The van der Waals surface area contributed by atoms with Crippen LogP contribution >= 0.6 is 0 Å². The van der Waals surface area contributed by atoms with Gasteiger partial charge in [-0.3, -0.25) is 24.0 Å². The Morgan fingerprint density at radius 1 is 0.791 bits per heavy atom. The molecule has 0 spiro atoms. The van der Waals surface area contributed by atoms with Crippen LogP contribution in [0, 0.1) is 0 Å². The van der Waals surface area contributed by atoms with E-state index in [1.807, 2.05) is 0 Å². The van der Waals surface area contributed by atoms with Gasteiger partial charge in [0.05, 0.1) is 18.6 Å². The topological polar surface area (TPSA) is 264 Å². The molecular formula is C25H37N8NaO9. The number of carboxylic acids is 1. The van der Waals surface area contributed by atoms with Gasteiger partial charge in [0.15, 0.2) is 0 Å². The normalized spacial score (nSPS) is 12.5. The molecule has 3 atom stereocenters. The first-order chi connectivity index (χ1) is 19.5. The number of carbonyl (C=O) groups is 7. The standard InChI is InChI=1S/C25H38N8O9.Na/c1-25(2,3)42-24(41)19(31-21(37)14-33(4)5)10-11-20(36)30-17(8-6-15(34)12-28-26)22(38)32-18(23(39)40)9-7-16(35)13-29-27;/h12-13,17-19H,6-11,14H2,1-5H3,(H,30,36)(H,31,37)(H,32,38)(H,39,40);/q;+1/p-1/t17-,18-,19-;/m0./s1. The first-order valence-corrected chi connectivity index (χ1v) is 12.9. The van der Waals surface area contributed by atoms with Gasteiger partial charge in [-0.05, 0) is 54.1 Å². The van der Waals surface area contributed by atoms with E-state index in [-0.39, 0.29) is 61.8 Å². The van der Waals surface area contributed by atoms with Gasteiger partial charge in [-0.1, -0.05) is 0 Å². The van der Waals surface area contributed by atoms with E-state index in [0.29, 0.717) is 12.4 Å². The van der Waals surface area contributed by atoms with Gasteiger partial charge in [0.2, 0.25) is 29.3 Å². The van der Waals surface area contributed by atoms with Crippen molar-refractivity contribution in [2.75, 3.05) is 20.6 Å². The zero-order valence-electron chi connectivity index (χ0n) is 25.2. The van der Waals surface area contributed by atoms with Crippen molar-refractivity contribution in [2.24, 2.45) is 0 Å². The minimum atomic E-state index is -1.74. The van der Waals surface area contributed by atoms with Crippen molar-refractivity contribution < 1.29 is 82.5 Å². The molecule has 3 N–H and O–H groups in total. The average molecular weight is 617 g/mol. The summed E-state index contributed by atoms with van der Waals surface area (Å²) in [5.41, 5.74) is 16.0. The number of nitrogens with zero attached hydrogens (tertiary/aromatic N) is 5. The van der Waals surface area contributed by atoms with Crippen molar-refractivity contribution in [3.8, 4) is 0 Å². The summed E-state index contributed by atoms with van der Waals surface area (Å²) < 4.78 is 5.33. The fraction of sp³-hybridized carbons (Fsp3) is 0.640. The van der Waals surface area contributed by atoms with Crippen LogP contribution in [-0.2, 0) is 38.3 Å². The number of carboxylic acid groups (broad SMARTS) is 1. The number of carbonyl (C=O) groups excluding carboxylic acids is 7. The van der Waals surface area contributed by atoms with Crippen LogP contribution in [0.1, 0.15) is 59.3 Å². The summed E-state index contributed by atoms with van der Waals surface area (Å²) in [5.74, 6) is -6.28. The molecule has 0 radical (unpaired) electrons. The Hall–Kier alpha value is -3.59. The maximum atomic E-state index is 12.9. The van der Waals surface area contributed by atoms with Gasteiger partial charge in [0, 0.05) is 19.3 Å². The summed E-state index contributed by atoms with van der Waals surface area (Å²) in [5, 5.41) is 18.5. The van der Waals surface area contributed by atoms with Gasteiger partial charge in [-0.25, -0.2) is 4.79 Å². The fourth-order valence-corrected chi connectivity index (χ4v) is 3.31. The first-order valence-electron chi connectivity index (χ1n) is 12.9. The monoisotopic (exact) mass is 616 g/mol. The second-order valence-corrected chi connectivity index (χ2v) is 10.4. The number of Topliss-reactive ketones (excluding diaryl/α,β-unsaturated/α-hetero) is 2. The van der Waals surface area contributed by atoms with Gasteiger partial charge >= 0.3 is 48.0 Å². The minimum absolute atomic E-state index is 0. The molecule has 0 aliphatic rings.